The largest absolute Gasteiger partial charge is 0.352 e. The number of rotatable bonds is 6. The van der Waals surface area contributed by atoms with Gasteiger partial charge in [0.1, 0.15) is 0 Å². The van der Waals surface area contributed by atoms with Gasteiger partial charge < -0.3 is 5.32 Å². The zero-order valence-electron chi connectivity index (χ0n) is 14.8. The monoisotopic (exact) mass is 356 g/mol. The van der Waals surface area contributed by atoms with Gasteiger partial charge in [-0.1, -0.05) is 36.0 Å². The molecule has 25 heavy (non-hydrogen) atoms. The van der Waals surface area contributed by atoms with Crippen LogP contribution in [0.3, 0.4) is 0 Å². The number of aryl methyl sites for hydroxylation is 1. The maximum Gasteiger partial charge on any atom is 0.254 e. The number of carbonyl (C=O) groups excluding carboxylic acids is 1. The third kappa shape index (κ3) is 4.58. The summed E-state index contributed by atoms with van der Waals surface area (Å²) in [5.41, 5.74) is 4.19. The second kappa shape index (κ2) is 8.45. The topological polar surface area (TPSA) is 58.1 Å². The number of amides is 1. The summed E-state index contributed by atoms with van der Waals surface area (Å²) in [5, 5.41) is 3.68. The van der Waals surface area contributed by atoms with Gasteiger partial charge in [-0.2, -0.15) is 0 Å². The van der Waals surface area contributed by atoms with Gasteiger partial charge in [-0.15, -0.1) is 0 Å². The fraction of sp³-hybridized carbons (Fsp3) is 0.421. The van der Waals surface area contributed by atoms with Crippen LogP contribution in [0.4, 0.5) is 0 Å². The lowest BCUT2D eigenvalue weighted by Gasteiger charge is -2.28. The van der Waals surface area contributed by atoms with Crippen molar-refractivity contribution in [2.24, 2.45) is 0 Å². The van der Waals surface area contributed by atoms with Gasteiger partial charge in [-0.25, -0.2) is 9.97 Å². The predicted molar refractivity (Wildman–Crippen MR) is 101 cm³/mol. The standard InChI is InChI=1S/C19H24N4OS/c1-14-17(12-21-19(22-14)25-2)18(24)20-9-5-10-23-11-8-15-6-3-4-7-16(15)13-23/h3-4,6-7,12H,5,8-11,13H2,1-2H3,(H,20,24). The van der Waals surface area contributed by atoms with E-state index in [0.29, 0.717) is 17.3 Å². The Bertz CT molecular complexity index is 750. The van der Waals surface area contributed by atoms with Crippen molar-refractivity contribution in [2.45, 2.75) is 31.5 Å². The summed E-state index contributed by atoms with van der Waals surface area (Å²) >= 11 is 1.48. The Morgan fingerprint density at radius 2 is 2.12 bits per heavy atom. The molecule has 0 atom stereocenters. The van der Waals surface area contributed by atoms with E-state index in [9.17, 15) is 4.79 Å². The zero-order chi connectivity index (χ0) is 17.6. The molecule has 1 amide bonds. The van der Waals surface area contributed by atoms with Crippen molar-refractivity contribution >= 4 is 17.7 Å². The van der Waals surface area contributed by atoms with Gasteiger partial charge in [0.2, 0.25) is 0 Å². The molecule has 2 aromatic rings. The van der Waals surface area contributed by atoms with Crippen LogP contribution < -0.4 is 5.32 Å². The third-order valence-corrected chi connectivity index (χ3v) is 5.09. The van der Waals surface area contributed by atoms with Crippen molar-refractivity contribution in [3.8, 4) is 0 Å². The molecule has 1 aliphatic rings. The van der Waals surface area contributed by atoms with Crippen LogP contribution in [0.2, 0.25) is 0 Å². The van der Waals surface area contributed by atoms with Crippen LogP contribution in [-0.2, 0) is 13.0 Å². The van der Waals surface area contributed by atoms with E-state index >= 15 is 0 Å². The van der Waals surface area contributed by atoms with E-state index in [4.69, 9.17) is 0 Å². The maximum absolute atomic E-state index is 12.3. The first kappa shape index (κ1) is 17.9. The van der Waals surface area contributed by atoms with E-state index in [0.717, 1.165) is 38.2 Å². The molecule has 0 bridgehead atoms. The highest BCUT2D eigenvalue weighted by Gasteiger charge is 2.15. The quantitative estimate of drug-likeness (QED) is 0.490. The third-order valence-electron chi connectivity index (χ3n) is 4.53. The molecule has 0 aliphatic carbocycles. The molecule has 132 valence electrons. The second-order valence-electron chi connectivity index (χ2n) is 6.26. The Kier molecular flexibility index (Phi) is 6.04. The molecule has 1 N–H and O–H groups in total. The van der Waals surface area contributed by atoms with Crippen molar-refractivity contribution < 1.29 is 4.79 Å². The first-order chi connectivity index (χ1) is 12.2. The second-order valence-corrected chi connectivity index (χ2v) is 7.03. The van der Waals surface area contributed by atoms with Crippen molar-refractivity contribution in [3.63, 3.8) is 0 Å². The molecular weight excluding hydrogens is 332 g/mol. The minimum Gasteiger partial charge on any atom is -0.352 e. The lowest BCUT2D eigenvalue weighted by atomic mass is 10.00. The van der Waals surface area contributed by atoms with Crippen molar-refractivity contribution in [1.29, 1.82) is 0 Å². The molecule has 6 heteroatoms. The molecule has 2 heterocycles. The molecule has 1 aliphatic heterocycles. The van der Waals surface area contributed by atoms with Crippen molar-refractivity contribution in [2.75, 3.05) is 25.9 Å². The molecule has 1 aromatic carbocycles. The fourth-order valence-corrected chi connectivity index (χ4v) is 3.50. The van der Waals surface area contributed by atoms with E-state index in [2.05, 4.69) is 44.5 Å². The molecule has 0 fully saturated rings. The van der Waals surface area contributed by atoms with Gasteiger partial charge >= 0.3 is 0 Å². The summed E-state index contributed by atoms with van der Waals surface area (Å²) in [4.78, 5) is 23.2. The normalized spacial score (nSPS) is 14.2. The van der Waals surface area contributed by atoms with Crippen LogP contribution in [0.5, 0.6) is 0 Å². The lowest BCUT2D eigenvalue weighted by Crippen LogP contribution is -2.34. The molecule has 0 radical (unpaired) electrons. The van der Waals surface area contributed by atoms with E-state index in [1.54, 1.807) is 6.20 Å². The average Bonchev–Trinajstić information content (AvgIpc) is 2.64. The average molecular weight is 356 g/mol. The van der Waals surface area contributed by atoms with Crippen LogP contribution in [0.25, 0.3) is 0 Å². The molecule has 0 saturated carbocycles. The van der Waals surface area contributed by atoms with Crippen LogP contribution in [0.1, 0.15) is 33.6 Å². The molecule has 0 unspecified atom stereocenters. The highest BCUT2D eigenvalue weighted by atomic mass is 32.2. The van der Waals surface area contributed by atoms with Crippen LogP contribution >= 0.6 is 11.8 Å². The number of benzene rings is 1. The molecule has 3 rings (SSSR count). The number of aromatic nitrogens is 2. The summed E-state index contributed by atoms with van der Waals surface area (Å²) in [6.45, 7) is 5.61. The summed E-state index contributed by atoms with van der Waals surface area (Å²) in [7, 11) is 0. The number of carbonyl (C=O) groups is 1. The number of thioether (sulfide) groups is 1. The summed E-state index contributed by atoms with van der Waals surface area (Å²) in [6.07, 6.45) is 5.59. The number of fused-ring (bicyclic) bond motifs is 1. The van der Waals surface area contributed by atoms with Gasteiger partial charge in [0.15, 0.2) is 5.16 Å². The molecule has 0 spiro atoms. The minimum atomic E-state index is -0.0888. The first-order valence-corrected chi connectivity index (χ1v) is 9.85. The van der Waals surface area contributed by atoms with Gasteiger partial charge in [0, 0.05) is 32.4 Å². The van der Waals surface area contributed by atoms with E-state index in [1.165, 1.54) is 22.9 Å². The Hall–Kier alpha value is -1.92. The van der Waals surface area contributed by atoms with E-state index < -0.39 is 0 Å². The predicted octanol–water partition coefficient (Wildman–Crippen LogP) is 2.69. The molecule has 1 aromatic heterocycles. The summed E-state index contributed by atoms with van der Waals surface area (Å²) in [6, 6.07) is 8.65. The Labute approximate surface area is 153 Å². The summed E-state index contributed by atoms with van der Waals surface area (Å²) < 4.78 is 0. The minimum absolute atomic E-state index is 0.0888. The Morgan fingerprint density at radius 1 is 1.32 bits per heavy atom. The molecule has 5 nitrogen and oxygen atoms in total. The van der Waals surface area contributed by atoms with Crippen molar-refractivity contribution in [1.82, 2.24) is 20.2 Å². The lowest BCUT2D eigenvalue weighted by molar-refractivity contribution is 0.0949. The summed E-state index contributed by atoms with van der Waals surface area (Å²) in [5.74, 6) is -0.0888. The smallest absolute Gasteiger partial charge is 0.254 e. The fourth-order valence-electron chi connectivity index (χ4n) is 3.11. The van der Waals surface area contributed by atoms with Gasteiger partial charge in [-0.05, 0) is 37.1 Å². The number of hydrogen-bond donors (Lipinski definition) is 1. The first-order valence-electron chi connectivity index (χ1n) is 8.62. The van der Waals surface area contributed by atoms with Crippen LogP contribution in [-0.4, -0.2) is 46.7 Å². The SMILES string of the molecule is CSc1ncc(C(=O)NCCCN2CCc3ccccc3C2)c(C)n1. The highest BCUT2D eigenvalue weighted by Crippen LogP contribution is 2.18. The van der Waals surface area contributed by atoms with Gasteiger partial charge in [0.25, 0.3) is 5.91 Å². The Balaban J connectivity index is 1.44. The van der Waals surface area contributed by atoms with E-state index in [-0.39, 0.29) is 5.91 Å². The number of hydrogen-bond acceptors (Lipinski definition) is 5. The maximum atomic E-state index is 12.3. The molecular formula is C19H24N4OS. The van der Waals surface area contributed by atoms with E-state index in [1.807, 2.05) is 13.2 Å². The number of nitrogens with zero attached hydrogens (tertiary/aromatic N) is 3. The molecule has 0 saturated heterocycles. The van der Waals surface area contributed by atoms with Gasteiger partial charge in [-0.3, -0.25) is 9.69 Å². The number of nitrogens with one attached hydrogen (secondary N) is 1. The van der Waals surface area contributed by atoms with Crippen LogP contribution in [0.15, 0.2) is 35.6 Å². The van der Waals surface area contributed by atoms with Crippen molar-refractivity contribution in [3.05, 3.63) is 52.8 Å². The zero-order valence-corrected chi connectivity index (χ0v) is 15.6. The van der Waals surface area contributed by atoms with Gasteiger partial charge in [0.05, 0.1) is 11.3 Å². The highest BCUT2D eigenvalue weighted by molar-refractivity contribution is 7.98. The van der Waals surface area contributed by atoms with Crippen LogP contribution in [0, 0.1) is 6.92 Å². The Morgan fingerprint density at radius 3 is 2.88 bits per heavy atom.